The normalized spacial score (nSPS) is 11.8. The molecule has 4 aromatic carbocycles. The van der Waals surface area contributed by atoms with Crippen LogP contribution in [0.25, 0.3) is 0 Å². The molecule has 0 aliphatic rings. The number of benzene rings is 4. The maximum absolute atomic E-state index is 14.5. The quantitative estimate of drug-likeness (QED) is 0.168. The van der Waals surface area contributed by atoms with Crippen molar-refractivity contribution in [1.29, 1.82) is 0 Å². The highest BCUT2D eigenvalue weighted by atomic mass is 79.9. The van der Waals surface area contributed by atoms with Crippen LogP contribution >= 0.6 is 31.9 Å². The zero-order chi connectivity index (χ0) is 32.6. The lowest BCUT2D eigenvalue weighted by atomic mass is 10.0. The van der Waals surface area contributed by atoms with Gasteiger partial charge in [-0.1, -0.05) is 76.1 Å². The Labute approximate surface area is 281 Å². The van der Waals surface area contributed by atoms with Crippen LogP contribution in [0.3, 0.4) is 0 Å². The van der Waals surface area contributed by atoms with Crippen molar-refractivity contribution in [2.45, 2.75) is 37.8 Å². The Kier molecular flexibility index (Phi) is 11.8. The van der Waals surface area contributed by atoms with Crippen LogP contribution in [-0.4, -0.2) is 51.4 Å². The molecular weight excluding hydrogens is 722 g/mol. The number of hydrogen-bond acceptors (Lipinski definition) is 5. The summed E-state index contributed by atoms with van der Waals surface area (Å²) in [5.41, 5.74) is 2.90. The van der Waals surface area contributed by atoms with Gasteiger partial charge in [0.2, 0.25) is 11.8 Å². The van der Waals surface area contributed by atoms with Gasteiger partial charge in [0, 0.05) is 24.0 Å². The molecule has 2 amide bonds. The highest BCUT2D eigenvalue weighted by Gasteiger charge is 2.34. The van der Waals surface area contributed by atoms with Crippen LogP contribution < -0.4 is 14.4 Å². The third-order valence-corrected chi connectivity index (χ3v) is 10.1. The fraction of sp³-hybridized carbons (Fsp3) is 0.235. The molecule has 0 fully saturated rings. The van der Waals surface area contributed by atoms with Crippen LogP contribution in [0.2, 0.25) is 0 Å². The maximum atomic E-state index is 14.5. The fourth-order valence-corrected chi connectivity index (χ4v) is 7.43. The SMILES string of the molecule is CCNC(=O)[C@H](Cc1ccccc1)N(Cc1cccc(Br)c1)C(=O)CN(c1ccc(C)cc1)S(=O)(=O)c1ccc(OC)c(Br)c1. The Morgan fingerprint density at radius 2 is 1.58 bits per heavy atom. The minimum atomic E-state index is -4.25. The molecule has 0 saturated heterocycles. The number of carbonyl (C=O) groups excluding carboxylic acids is 2. The summed E-state index contributed by atoms with van der Waals surface area (Å²) in [6.07, 6.45) is 0.245. The standard InChI is InChI=1S/C34H35Br2N3O5S/c1-4-37-34(41)31(20-25-9-6-5-7-10-25)38(22-26-11-8-12-27(35)19-26)33(40)23-39(28-15-13-24(2)14-16-28)45(42,43)29-17-18-32(44-3)30(36)21-29/h5-19,21,31H,4,20,22-23H2,1-3H3,(H,37,41)/t31-/m0/s1. The third kappa shape index (κ3) is 8.74. The van der Waals surface area contributed by atoms with Crippen molar-refractivity contribution in [2.75, 3.05) is 24.5 Å². The van der Waals surface area contributed by atoms with Gasteiger partial charge in [-0.3, -0.25) is 13.9 Å². The van der Waals surface area contributed by atoms with Gasteiger partial charge >= 0.3 is 0 Å². The first kappa shape index (κ1) is 34.2. The van der Waals surface area contributed by atoms with Gasteiger partial charge in [0.15, 0.2) is 0 Å². The molecule has 0 aliphatic heterocycles. The molecule has 0 aliphatic carbocycles. The molecule has 8 nitrogen and oxygen atoms in total. The number of amides is 2. The van der Waals surface area contributed by atoms with E-state index in [1.807, 2.05) is 68.4 Å². The minimum Gasteiger partial charge on any atom is -0.496 e. The highest BCUT2D eigenvalue weighted by Crippen LogP contribution is 2.31. The van der Waals surface area contributed by atoms with Crippen molar-refractivity contribution < 1.29 is 22.7 Å². The van der Waals surface area contributed by atoms with Gasteiger partial charge in [0.1, 0.15) is 18.3 Å². The molecule has 0 aromatic heterocycles. The van der Waals surface area contributed by atoms with Crippen LogP contribution in [0, 0.1) is 6.92 Å². The Morgan fingerprint density at radius 3 is 2.20 bits per heavy atom. The average Bonchev–Trinajstić information content (AvgIpc) is 3.02. The molecule has 4 rings (SSSR count). The number of carbonyl (C=O) groups is 2. The van der Waals surface area contributed by atoms with E-state index < -0.39 is 28.5 Å². The summed E-state index contributed by atoms with van der Waals surface area (Å²) in [7, 11) is -2.75. The molecular formula is C34H35Br2N3O5S. The summed E-state index contributed by atoms with van der Waals surface area (Å²) in [6.45, 7) is 3.64. The Bertz CT molecular complexity index is 1730. The Morgan fingerprint density at radius 1 is 0.889 bits per heavy atom. The van der Waals surface area contributed by atoms with Crippen molar-refractivity contribution in [2.24, 2.45) is 0 Å². The van der Waals surface area contributed by atoms with Crippen molar-refractivity contribution >= 4 is 59.4 Å². The number of nitrogens with one attached hydrogen (secondary N) is 1. The van der Waals surface area contributed by atoms with Crippen molar-refractivity contribution in [3.8, 4) is 5.75 Å². The van der Waals surface area contributed by atoms with Gasteiger partial charge in [-0.25, -0.2) is 8.42 Å². The molecule has 45 heavy (non-hydrogen) atoms. The van der Waals surface area contributed by atoms with E-state index in [9.17, 15) is 18.0 Å². The fourth-order valence-electron chi connectivity index (χ4n) is 4.85. The second kappa shape index (κ2) is 15.6. The molecule has 0 unspecified atom stereocenters. The molecule has 4 aromatic rings. The first-order valence-corrected chi connectivity index (χ1v) is 17.3. The van der Waals surface area contributed by atoms with Crippen LogP contribution in [0.1, 0.15) is 23.6 Å². The molecule has 0 spiro atoms. The van der Waals surface area contributed by atoms with E-state index >= 15 is 0 Å². The summed E-state index contributed by atoms with van der Waals surface area (Å²) >= 11 is 6.88. The zero-order valence-electron chi connectivity index (χ0n) is 25.2. The predicted octanol–water partition coefficient (Wildman–Crippen LogP) is 6.50. The van der Waals surface area contributed by atoms with Gasteiger partial charge in [-0.2, -0.15) is 0 Å². The number of rotatable bonds is 13. The lowest BCUT2D eigenvalue weighted by Crippen LogP contribution is -2.53. The summed E-state index contributed by atoms with van der Waals surface area (Å²) in [5, 5.41) is 2.87. The first-order chi connectivity index (χ1) is 21.5. The van der Waals surface area contributed by atoms with Gasteiger partial charge in [0.25, 0.3) is 10.0 Å². The van der Waals surface area contributed by atoms with Gasteiger partial charge in [-0.15, -0.1) is 0 Å². The van der Waals surface area contributed by atoms with Crippen molar-refractivity contribution in [1.82, 2.24) is 10.2 Å². The smallest absolute Gasteiger partial charge is 0.264 e. The number of nitrogens with zero attached hydrogens (tertiary/aromatic N) is 2. The molecule has 0 radical (unpaired) electrons. The van der Waals surface area contributed by atoms with Crippen molar-refractivity contribution in [3.05, 3.63) is 123 Å². The summed E-state index contributed by atoms with van der Waals surface area (Å²) < 4.78 is 36.1. The van der Waals surface area contributed by atoms with E-state index in [1.54, 1.807) is 30.3 Å². The topological polar surface area (TPSA) is 96.0 Å². The van der Waals surface area contributed by atoms with E-state index in [4.69, 9.17) is 4.74 Å². The second-order valence-electron chi connectivity index (χ2n) is 10.4. The van der Waals surface area contributed by atoms with Gasteiger partial charge in [-0.05, 0) is 83.4 Å². The maximum Gasteiger partial charge on any atom is 0.264 e. The van der Waals surface area contributed by atoms with E-state index in [-0.39, 0.29) is 23.8 Å². The average molecular weight is 758 g/mol. The lowest BCUT2D eigenvalue weighted by Gasteiger charge is -2.34. The monoisotopic (exact) mass is 755 g/mol. The van der Waals surface area contributed by atoms with E-state index in [1.165, 1.54) is 24.1 Å². The molecule has 236 valence electrons. The highest BCUT2D eigenvalue weighted by molar-refractivity contribution is 9.10. The van der Waals surface area contributed by atoms with Crippen LogP contribution in [0.5, 0.6) is 5.75 Å². The lowest BCUT2D eigenvalue weighted by molar-refractivity contribution is -0.140. The number of hydrogen-bond donors (Lipinski definition) is 1. The van der Waals surface area contributed by atoms with Crippen LogP contribution in [0.4, 0.5) is 5.69 Å². The van der Waals surface area contributed by atoms with E-state index in [0.29, 0.717) is 22.5 Å². The molecule has 1 N–H and O–H groups in total. The number of ether oxygens (including phenoxy) is 1. The van der Waals surface area contributed by atoms with Crippen LogP contribution in [-0.2, 0) is 32.6 Å². The third-order valence-electron chi connectivity index (χ3n) is 7.18. The van der Waals surface area contributed by atoms with Crippen LogP contribution in [0.15, 0.2) is 111 Å². The number of anilines is 1. The van der Waals surface area contributed by atoms with Gasteiger partial charge in [0.05, 0.1) is 22.2 Å². The zero-order valence-corrected chi connectivity index (χ0v) is 29.2. The number of halogens is 2. The molecule has 0 heterocycles. The summed E-state index contributed by atoms with van der Waals surface area (Å²) in [6, 6.07) is 27.4. The first-order valence-electron chi connectivity index (χ1n) is 14.3. The number of likely N-dealkylation sites (N-methyl/N-ethyl adjacent to an activating group) is 1. The van der Waals surface area contributed by atoms with Gasteiger partial charge < -0.3 is 15.0 Å². The minimum absolute atomic E-state index is 0.0216. The Hall–Kier alpha value is -3.67. The Balaban J connectivity index is 1.81. The second-order valence-corrected chi connectivity index (χ2v) is 14.0. The van der Waals surface area contributed by atoms with E-state index in [0.717, 1.165) is 25.5 Å². The summed E-state index contributed by atoms with van der Waals surface area (Å²) in [4.78, 5) is 29.5. The largest absolute Gasteiger partial charge is 0.496 e. The number of aryl methyl sites for hydroxylation is 1. The predicted molar refractivity (Wildman–Crippen MR) is 184 cm³/mol. The van der Waals surface area contributed by atoms with Crippen molar-refractivity contribution in [3.63, 3.8) is 0 Å². The molecule has 0 saturated carbocycles. The molecule has 11 heteroatoms. The number of methoxy groups -OCH3 is 1. The van der Waals surface area contributed by atoms with E-state index in [2.05, 4.69) is 37.2 Å². The molecule has 1 atom stereocenters. The summed E-state index contributed by atoms with van der Waals surface area (Å²) in [5.74, 6) is -0.384. The number of sulfonamides is 1. The molecule has 0 bridgehead atoms.